The normalized spacial score (nSPS) is 13.0. The van der Waals surface area contributed by atoms with Crippen molar-refractivity contribution in [2.24, 2.45) is 0 Å². The van der Waals surface area contributed by atoms with Crippen LogP contribution < -0.4 is 15.5 Å². The smallest absolute Gasteiger partial charge is 0.306 e. The number of nitrogens with one attached hydrogen (secondary N) is 2. The lowest BCUT2D eigenvalue weighted by molar-refractivity contribution is -0.870. The maximum atomic E-state index is 12.8. The van der Waals surface area contributed by atoms with Gasteiger partial charge in [0.25, 0.3) is 7.82 Å². The van der Waals surface area contributed by atoms with Gasteiger partial charge in [-0.1, -0.05) is 151 Å². The molecule has 2 rings (SSSR count). The van der Waals surface area contributed by atoms with Crippen molar-refractivity contribution in [3.8, 4) is 0 Å². The Morgan fingerprint density at radius 3 is 1.84 bits per heavy atom. The zero-order valence-corrected chi connectivity index (χ0v) is 39.7. The minimum absolute atomic E-state index is 0.0518. The van der Waals surface area contributed by atoms with E-state index in [9.17, 15) is 23.8 Å². The summed E-state index contributed by atoms with van der Waals surface area (Å²) >= 11 is 12.6. The predicted octanol–water partition coefficient (Wildman–Crippen LogP) is 10.9. The van der Waals surface area contributed by atoms with Crippen molar-refractivity contribution in [1.82, 2.24) is 5.32 Å². The van der Waals surface area contributed by atoms with Gasteiger partial charge < -0.3 is 38.5 Å². The van der Waals surface area contributed by atoms with E-state index in [1.165, 1.54) is 70.6 Å². The van der Waals surface area contributed by atoms with Gasteiger partial charge in [-0.15, -0.1) is 0 Å². The van der Waals surface area contributed by atoms with Crippen molar-refractivity contribution < 1.29 is 46.8 Å². The van der Waals surface area contributed by atoms with E-state index in [0.29, 0.717) is 59.0 Å². The first-order valence-electron chi connectivity index (χ1n) is 22.5. The number of unbranched alkanes of at least 4 members (excludes halogenated alkanes) is 16. The number of anilines is 2. The van der Waals surface area contributed by atoms with Crippen LogP contribution in [-0.2, 0) is 43.9 Å². The van der Waals surface area contributed by atoms with Gasteiger partial charge in [-0.05, 0) is 43.0 Å². The largest absolute Gasteiger partial charge is 0.756 e. The molecular formula is C46H74Cl2N3O9P. The van der Waals surface area contributed by atoms with Gasteiger partial charge in [0.2, 0.25) is 5.91 Å². The van der Waals surface area contributed by atoms with E-state index in [4.69, 9.17) is 41.7 Å². The molecule has 2 aromatic rings. The molecular weight excluding hydrogens is 840 g/mol. The Labute approximate surface area is 376 Å². The number of phosphoric ester groups is 1. The molecule has 0 aromatic heterocycles. The first-order chi connectivity index (χ1) is 29.2. The van der Waals surface area contributed by atoms with Crippen molar-refractivity contribution in [3.05, 3.63) is 58.1 Å². The molecule has 0 heterocycles. The van der Waals surface area contributed by atoms with E-state index in [1.54, 1.807) is 18.2 Å². The molecule has 0 fully saturated rings. The maximum Gasteiger partial charge on any atom is 0.306 e. The highest BCUT2D eigenvalue weighted by molar-refractivity contribution is 7.45. The second kappa shape index (κ2) is 32.0. The molecule has 2 aromatic carbocycles. The molecule has 2 N–H and O–H groups in total. The standard InChI is InChI=1S/C46H74Cl2N3O9P/c1-5-6-7-8-9-10-11-12-13-14-15-16-17-18-20-30-44(53)57-36-39(37-59-61(55,56)58-34-33-51(2,3)4)60-45(54)31-21-19-24-32-49-43(52)35-38-26-22-23-29-42(38)50-46-40(47)27-25-28-41(46)48/h22-23,25-29,39,50H,5-21,24,30-37H2,1-4H3,(H-,49,52,55,56)/t39-/m1/s1. The molecule has 2 atom stereocenters. The Morgan fingerprint density at radius 1 is 0.705 bits per heavy atom. The predicted molar refractivity (Wildman–Crippen MR) is 244 cm³/mol. The molecule has 0 bridgehead atoms. The number of halogens is 2. The lowest BCUT2D eigenvalue weighted by atomic mass is 10.0. The highest BCUT2D eigenvalue weighted by Crippen LogP contribution is 2.38. The van der Waals surface area contributed by atoms with E-state index in [-0.39, 0.29) is 38.4 Å². The number of hydrogen-bond donors (Lipinski definition) is 2. The lowest BCUT2D eigenvalue weighted by Gasteiger charge is -2.28. The Bertz CT molecular complexity index is 1570. The molecule has 12 nitrogen and oxygen atoms in total. The van der Waals surface area contributed by atoms with Gasteiger partial charge in [0, 0.05) is 25.1 Å². The zero-order valence-electron chi connectivity index (χ0n) is 37.3. The SMILES string of the molecule is CCCCCCCCCCCCCCCCCC(=O)OC[C@H](COP(=O)([O-])OCC[N+](C)(C)C)OC(=O)CCCCCNC(=O)Cc1ccccc1Nc1c(Cl)cccc1Cl. The minimum atomic E-state index is -4.70. The summed E-state index contributed by atoms with van der Waals surface area (Å²) in [5.74, 6) is -1.18. The third kappa shape index (κ3) is 27.9. The first kappa shape index (κ1) is 54.4. The molecule has 346 valence electrons. The first-order valence-corrected chi connectivity index (χ1v) is 24.7. The van der Waals surface area contributed by atoms with Crippen molar-refractivity contribution in [3.63, 3.8) is 0 Å². The number of carbonyl (C=O) groups is 3. The average Bonchev–Trinajstić information content (AvgIpc) is 3.20. The Morgan fingerprint density at radius 2 is 1.25 bits per heavy atom. The van der Waals surface area contributed by atoms with Crippen LogP contribution in [-0.4, -0.2) is 82.5 Å². The van der Waals surface area contributed by atoms with Crippen LogP contribution in [0.4, 0.5) is 11.4 Å². The van der Waals surface area contributed by atoms with E-state index in [1.807, 2.05) is 45.4 Å². The van der Waals surface area contributed by atoms with E-state index in [0.717, 1.165) is 30.5 Å². The number of hydrogen-bond acceptors (Lipinski definition) is 10. The number of ether oxygens (including phenoxy) is 2. The Kier molecular flexibility index (Phi) is 28.6. The van der Waals surface area contributed by atoms with E-state index < -0.39 is 32.5 Å². The number of quaternary nitrogens is 1. The number of phosphoric acid groups is 1. The fourth-order valence-corrected chi connectivity index (χ4v) is 7.70. The number of amides is 1. The highest BCUT2D eigenvalue weighted by Gasteiger charge is 2.22. The number of benzene rings is 2. The van der Waals surface area contributed by atoms with Gasteiger partial charge in [-0.3, -0.25) is 18.9 Å². The molecule has 61 heavy (non-hydrogen) atoms. The molecule has 0 saturated carbocycles. The topological polar surface area (TPSA) is 152 Å². The number of rotatable bonds is 36. The van der Waals surface area contributed by atoms with Crippen LogP contribution in [0, 0.1) is 0 Å². The second-order valence-corrected chi connectivity index (χ2v) is 19.0. The van der Waals surface area contributed by atoms with Crippen LogP contribution in [0.5, 0.6) is 0 Å². The molecule has 0 aliphatic heterocycles. The number of esters is 2. The highest BCUT2D eigenvalue weighted by atomic mass is 35.5. The van der Waals surface area contributed by atoms with Crippen LogP contribution >= 0.6 is 31.0 Å². The van der Waals surface area contributed by atoms with E-state index >= 15 is 0 Å². The van der Waals surface area contributed by atoms with Crippen LogP contribution in [0.3, 0.4) is 0 Å². The lowest BCUT2D eigenvalue weighted by Crippen LogP contribution is -2.37. The van der Waals surface area contributed by atoms with Crippen molar-refractivity contribution in [1.29, 1.82) is 0 Å². The van der Waals surface area contributed by atoms with E-state index in [2.05, 4.69) is 17.6 Å². The fraction of sp³-hybridized carbons (Fsp3) is 0.674. The van der Waals surface area contributed by atoms with Gasteiger partial charge in [0.05, 0.1) is 49.9 Å². The number of para-hydroxylation sites is 2. The van der Waals surface area contributed by atoms with Crippen molar-refractivity contribution >= 4 is 60.2 Å². The molecule has 15 heteroatoms. The van der Waals surface area contributed by atoms with Gasteiger partial charge >= 0.3 is 11.9 Å². The molecule has 0 saturated heterocycles. The third-order valence-corrected chi connectivity index (χ3v) is 11.7. The third-order valence-electron chi connectivity index (χ3n) is 10.1. The minimum Gasteiger partial charge on any atom is -0.756 e. The number of nitrogens with zero attached hydrogens (tertiary/aromatic N) is 1. The summed E-state index contributed by atoms with van der Waals surface area (Å²) in [6.45, 7) is 2.14. The van der Waals surface area contributed by atoms with Gasteiger partial charge in [-0.2, -0.15) is 0 Å². The zero-order chi connectivity index (χ0) is 44.8. The van der Waals surface area contributed by atoms with Crippen LogP contribution in [0.25, 0.3) is 0 Å². The summed E-state index contributed by atoms with van der Waals surface area (Å²) in [6.07, 6.45) is 19.4. The summed E-state index contributed by atoms with van der Waals surface area (Å²) in [6, 6.07) is 12.6. The second-order valence-electron chi connectivity index (χ2n) is 16.8. The van der Waals surface area contributed by atoms with Gasteiger partial charge in [-0.25, -0.2) is 0 Å². The summed E-state index contributed by atoms with van der Waals surface area (Å²) in [4.78, 5) is 50.6. The van der Waals surface area contributed by atoms with Crippen LogP contribution in [0.15, 0.2) is 42.5 Å². The Balaban J connectivity index is 1.70. The molecule has 1 amide bonds. The molecule has 0 aliphatic carbocycles. The summed E-state index contributed by atoms with van der Waals surface area (Å²) in [7, 11) is 1.01. The molecule has 0 aliphatic rings. The summed E-state index contributed by atoms with van der Waals surface area (Å²) in [5, 5.41) is 7.09. The van der Waals surface area contributed by atoms with Gasteiger partial charge in [0.1, 0.15) is 19.8 Å². The molecule has 0 radical (unpaired) electrons. The molecule has 0 spiro atoms. The van der Waals surface area contributed by atoms with Crippen LogP contribution in [0.1, 0.15) is 141 Å². The van der Waals surface area contributed by atoms with Crippen molar-refractivity contribution in [2.45, 2.75) is 148 Å². The Hall–Kier alpha value is -2.70. The maximum absolute atomic E-state index is 12.8. The molecule has 1 unspecified atom stereocenters. The summed E-state index contributed by atoms with van der Waals surface area (Å²) in [5.41, 5.74) is 2.06. The van der Waals surface area contributed by atoms with Crippen LogP contribution in [0.2, 0.25) is 10.0 Å². The fourth-order valence-electron chi connectivity index (χ4n) is 6.48. The van der Waals surface area contributed by atoms with Gasteiger partial charge in [0.15, 0.2) is 6.10 Å². The van der Waals surface area contributed by atoms with Crippen molar-refractivity contribution in [2.75, 3.05) is 59.4 Å². The number of carbonyl (C=O) groups excluding carboxylic acids is 3. The number of likely N-dealkylation sites (N-methyl/N-ethyl adjacent to an activating group) is 1. The quantitative estimate of drug-likeness (QED) is 0.0292. The average molecular weight is 915 g/mol. The monoisotopic (exact) mass is 913 g/mol. The summed E-state index contributed by atoms with van der Waals surface area (Å²) < 4.78 is 33.9.